The molecule has 0 atom stereocenters. The van der Waals surface area contributed by atoms with Crippen LogP contribution in [-0.2, 0) is 13.0 Å². The third-order valence-electron chi connectivity index (χ3n) is 4.65. The Kier molecular flexibility index (Phi) is 4.42. The Morgan fingerprint density at radius 3 is 2.88 bits per heavy atom. The fourth-order valence-corrected chi connectivity index (χ4v) is 5.51. The second-order valence-electron chi connectivity index (χ2n) is 6.62. The maximum Gasteiger partial charge on any atom is 0.251 e. The molecule has 0 spiro atoms. The molecule has 1 aliphatic heterocycles. The lowest BCUT2D eigenvalue weighted by Gasteiger charge is -2.30. The molecule has 0 saturated carbocycles. The van der Waals surface area contributed by atoms with Crippen LogP contribution in [0.3, 0.4) is 0 Å². The van der Waals surface area contributed by atoms with Gasteiger partial charge in [0.15, 0.2) is 5.13 Å². The van der Waals surface area contributed by atoms with Crippen molar-refractivity contribution in [3.8, 4) is 0 Å². The summed E-state index contributed by atoms with van der Waals surface area (Å²) in [6.45, 7) is 6.06. The topological polar surface area (TPSA) is 71.2 Å². The Labute approximate surface area is 158 Å². The summed E-state index contributed by atoms with van der Waals surface area (Å²) in [5.41, 5.74) is 7.59. The monoisotopic (exact) mass is 390 g/mol. The second-order valence-corrected chi connectivity index (χ2v) is 8.75. The van der Waals surface area contributed by atoms with E-state index in [9.17, 15) is 9.18 Å². The molecule has 0 aliphatic carbocycles. The number of thiazole rings is 1. The van der Waals surface area contributed by atoms with Gasteiger partial charge in [-0.1, -0.05) is 17.4 Å². The Morgan fingerprint density at radius 1 is 1.38 bits per heavy atom. The number of nitrogens with one attached hydrogen (secondary N) is 1. The number of benzene rings is 1. The molecule has 0 saturated heterocycles. The summed E-state index contributed by atoms with van der Waals surface area (Å²) >= 11 is 2.90. The number of thiophene rings is 1. The quantitative estimate of drug-likeness (QED) is 0.703. The average Bonchev–Trinajstić information content (AvgIpc) is 3.15. The molecule has 0 fully saturated rings. The number of para-hydroxylation sites is 1. The van der Waals surface area contributed by atoms with E-state index in [0.29, 0.717) is 27.3 Å². The van der Waals surface area contributed by atoms with Gasteiger partial charge in [-0.25, -0.2) is 9.37 Å². The van der Waals surface area contributed by atoms with Crippen LogP contribution in [0, 0.1) is 5.82 Å². The third-order valence-corrected chi connectivity index (χ3v) is 6.72. The van der Waals surface area contributed by atoms with E-state index >= 15 is 0 Å². The number of rotatable bonds is 4. The summed E-state index contributed by atoms with van der Waals surface area (Å²) in [5, 5.41) is 4.48. The predicted molar refractivity (Wildman–Crippen MR) is 105 cm³/mol. The number of fused-ring (bicyclic) bond motifs is 2. The van der Waals surface area contributed by atoms with E-state index in [4.69, 9.17) is 5.73 Å². The number of primary amides is 1. The Bertz CT molecular complexity index is 995. The fourth-order valence-electron chi connectivity index (χ4n) is 3.28. The smallest absolute Gasteiger partial charge is 0.251 e. The van der Waals surface area contributed by atoms with Gasteiger partial charge in [0.1, 0.15) is 16.3 Å². The molecule has 1 aromatic carbocycles. The number of amides is 1. The van der Waals surface area contributed by atoms with Crippen molar-refractivity contribution in [1.29, 1.82) is 0 Å². The summed E-state index contributed by atoms with van der Waals surface area (Å²) in [6, 6.07) is 5.34. The van der Waals surface area contributed by atoms with Crippen molar-refractivity contribution in [1.82, 2.24) is 9.88 Å². The number of carbonyl (C=O) groups excluding carboxylic acids is 1. The molecule has 1 aliphatic rings. The average molecular weight is 391 g/mol. The van der Waals surface area contributed by atoms with Gasteiger partial charge in [-0.2, -0.15) is 0 Å². The Hall–Kier alpha value is -2.03. The molecule has 0 unspecified atom stereocenters. The van der Waals surface area contributed by atoms with Crippen LogP contribution in [0.15, 0.2) is 18.2 Å². The maximum atomic E-state index is 13.9. The molecule has 3 aromatic rings. The molecule has 0 bridgehead atoms. The number of aromatic nitrogens is 1. The predicted octanol–water partition coefficient (Wildman–Crippen LogP) is 4.11. The summed E-state index contributed by atoms with van der Waals surface area (Å²) < 4.78 is 14.7. The SMILES string of the molecule is CC(C)N1CCc2c(sc(Nc3nc4c(F)cccc4s3)c2C(N)=O)C1. The lowest BCUT2D eigenvalue weighted by molar-refractivity contribution is 0.0999. The van der Waals surface area contributed by atoms with Crippen LogP contribution in [-0.4, -0.2) is 28.4 Å². The highest BCUT2D eigenvalue weighted by atomic mass is 32.1. The molecule has 3 heterocycles. The summed E-state index contributed by atoms with van der Waals surface area (Å²) in [7, 11) is 0. The van der Waals surface area contributed by atoms with E-state index < -0.39 is 5.91 Å². The number of halogens is 1. The first-order valence-electron chi connectivity index (χ1n) is 8.44. The van der Waals surface area contributed by atoms with Gasteiger partial charge in [0.25, 0.3) is 5.91 Å². The van der Waals surface area contributed by atoms with Crippen LogP contribution in [0.25, 0.3) is 10.2 Å². The largest absolute Gasteiger partial charge is 0.365 e. The molecule has 3 N–H and O–H groups in total. The molecule has 26 heavy (non-hydrogen) atoms. The van der Waals surface area contributed by atoms with Crippen LogP contribution < -0.4 is 11.1 Å². The third kappa shape index (κ3) is 2.98. The number of hydrogen-bond acceptors (Lipinski definition) is 6. The molecule has 0 radical (unpaired) electrons. The van der Waals surface area contributed by atoms with E-state index in [2.05, 4.69) is 29.0 Å². The molecule has 5 nitrogen and oxygen atoms in total. The van der Waals surface area contributed by atoms with Gasteiger partial charge in [0.2, 0.25) is 0 Å². The van der Waals surface area contributed by atoms with Gasteiger partial charge < -0.3 is 11.1 Å². The fraction of sp³-hybridized carbons (Fsp3) is 0.333. The summed E-state index contributed by atoms with van der Waals surface area (Å²) in [5.74, 6) is -0.782. The summed E-state index contributed by atoms with van der Waals surface area (Å²) in [4.78, 5) is 20.0. The van der Waals surface area contributed by atoms with Crippen molar-refractivity contribution < 1.29 is 9.18 Å². The highest BCUT2D eigenvalue weighted by Crippen LogP contribution is 2.40. The van der Waals surface area contributed by atoms with Gasteiger partial charge in [0.05, 0.1) is 10.3 Å². The summed E-state index contributed by atoms with van der Waals surface area (Å²) in [6.07, 6.45) is 0.804. The number of carbonyl (C=O) groups is 1. The molecule has 8 heteroatoms. The lowest BCUT2D eigenvalue weighted by Crippen LogP contribution is -2.35. The Morgan fingerprint density at radius 2 is 2.19 bits per heavy atom. The van der Waals surface area contributed by atoms with Crippen molar-refractivity contribution in [3.63, 3.8) is 0 Å². The lowest BCUT2D eigenvalue weighted by atomic mass is 10.0. The van der Waals surface area contributed by atoms with Gasteiger partial charge in [-0.05, 0) is 38.0 Å². The first-order chi connectivity index (χ1) is 12.4. The number of anilines is 2. The van der Waals surface area contributed by atoms with Gasteiger partial charge in [-0.15, -0.1) is 11.3 Å². The van der Waals surface area contributed by atoms with E-state index in [1.165, 1.54) is 28.7 Å². The minimum atomic E-state index is -0.435. The zero-order valence-electron chi connectivity index (χ0n) is 14.5. The van der Waals surface area contributed by atoms with E-state index in [-0.39, 0.29) is 5.82 Å². The van der Waals surface area contributed by atoms with Crippen molar-refractivity contribution >= 4 is 48.9 Å². The highest BCUT2D eigenvalue weighted by Gasteiger charge is 2.28. The van der Waals surface area contributed by atoms with Crippen LogP contribution in [0.5, 0.6) is 0 Å². The maximum absolute atomic E-state index is 13.9. The number of hydrogen-bond donors (Lipinski definition) is 2. The van der Waals surface area contributed by atoms with Crippen LogP contribution >= 0.6 is 22.7 Å². The second kappa shape index (κ2) is 6.61. The highest BCUT2D eigenvalue weighted by molar-refractivity contribution is 7.23. The normalized spacial score (nSPS) is 14.8. The Balaban J connectivity index is 1.72. The molecule has 1 amide bonds. The van der Waals surface area contributed by atoms with E-state index in [1.54, 1.807) is 6.07 Å². The molecule has 136 valence electrons. The van der Waals surface area contributed by atoms with Crippen molar-refractivity contribution in [2.75, 3.05) is 11.9 Å². The van der Waals surface area contributed by atoms with Crippen LogP contribution in [0.1, 0.15) is 34.6 Å². The first kappa shape index (κ1) is 17.4. The minimum absolute atomic E-state index is 0.341. The first-order valence-corrected chi connectivity index (χ1v) is 10.1. The van der Waals surface area contributed by atoms with Gasteiger partial charge in [0, 0.05) is 24.0 Å². The van der Waals surface area contributed by atoms with E-state index in [0.717, 1.165) is 34.7 Å². The number of nitrogens with zero attached hydrogens (tertiary/aromatic N) is 2. The minimum Gasteiger partial charge on any atom is -0.365 e. The van der Waals surface area contributed by atoms with E-state index in [1.807, 2.05) is 6.07 Å². The van der Waals surface area contributed by atoms with Crippen molar-refractivity contribution in [3.05, 3.63) is 40.0 Å². The standard InChI is InChI=1S/C18H19FN4OS2/c1-9(2)23-7-6-10-13(8-23)25-17(14(10)16(20)24)22-18-21-15-11(19)4-3-5-12(15)26-18/h3-5,9H,6-8H2,1-2H3,(H2,20,24)(H,21,22). The molecular formula is C18H19FN4OS2. The van der Waals surface area contributed by atoms with Crippen LogP contribution in [0.2, 0.25) is 0 Å². The molecule has 4 rings (SSSR count). The zero-order chi connectivity index (χ0) is 18.4. The number of nitrogens with two attached hydrogens (primary N) is 1. The van der Waals surface area contributed by atoms with Gasteiger partial charge in [-0.3, -0.25) is 9.69 Å². The van der Waals surface area contributed by atoms with Gasteiger partial charge >= 0.3 is 0 Å². The zero-order valence-corrected chi connectivity index (χ0v) is 16.1. The molecular weight excluding hydrogens is 371 g/mol. The molecule has 2 aromatic heterocycles. The van der Waals surface area contributed by atoms with Crippen LogP contribution in [0.4, 0.5) is 14.5 Å². The van der Waals surface area contributed by atoms with Crippen molar-refractivity contribution in [2.45, 2.75) is 32.9 Å². The van der Waals surface area contributed by atoms with Crippen molar-refractivity contribution in [2.24, 2.45) is 5.73 Å².